The molecule has 1 aromatic rings. The number of ether oxygens (including phenoxy) is 1. The summed E-state index contributed by atoms with van der Waals surface area (Å²) in [6.45, 7) is 2.40. The molecule has 2 rings (SSSR count). The van der Waals surface area contributed by atoms with Crippen LogP contribution in [0.15, 0.2) is 24.3 Å². The van der Waals surface area contributed by atoms with E-state index in [1.807, 2.05) is 30.3 Å². The van der Waals surface area contributed by atoms with Gasteiger partial charge in [0.2, 0.25) is 0 Å². The summed E-state index contributed by atoms with van der Waals surface area (Å²) in [6.07, 6.45) is 3.79. The molecule has 0 saturated heterocycles. The van der Waals surface area contributed by atoms with Crippen molar-refractivity contribution in [1.82, 2.24) is 0 Å². The van der Waals surface area contributed by atoms with E-state index in [0.29, 0.717) is 6.04 Å². The second-order valence-corrected chi connectivity index (χ2v) is 4.73. The maximum absolute atomic E-state index is 8.47. The standard InChI is InChI=1S/C14H18N2O/c1-11-5-6-13(9-11)16-12-3-2-4-14(10-12)17-8-7-15/h2-4,10-11,13,16H,5-6,8-9H2,1H3. The number of hydrogen-bond acceptors (Lipinski definition) is 3. The van der Waals surface area contributed by atoms with Crippen LogP contribution < -0.4 is 10.1 Å². The Hall–Kier alpha value is -1.69. The SMILES string of the molecule is CC1CCC(Nc2cccc(OCC#N)c2)C1. The van der Waals surface area contributed by atoms with Crippen LogP contribution >= 0.6 is 0 Å². The summed E-state index contributed by atoms with van der Waals surface area (Å²) in [7, 11) is 0. The zero-order valence-corrected chi connectivity index (χ0v) is 10.1. The number of nitriles is 1. The van der Waals surface area contributed by atoms with Crippen LogP contribution in [0.4, 0.5) is 5.69 Å². The number of anilines is 1. The average Bonchev–Trinajstić information content (AvgIpc) is 2.73. The summed E-state index contributed by atoms with van der Waals surface area (Å²) in [5, 5.41) is 12.0. The third-order valence-electron chi connectivity index (χ3n) is 3.20. The van der Waals surface area contributed by atoms with Gasteiger partial charge in [0, 0.05) is 17.8 Å². The fraction of sp³-hybridized carbons (Fsp3) is 0.500. The van der Waals surface area contributed by atoms with Gasteiger partial charge in [0.15, 0.2) is 6.61 Å². The van der Waals surface area contributed by atoms with E-state index in [4.69, 9.17) is 10.00 Å². The quantitative estimate of drug-likeness (QED) is 0.864. The Labute approximate surface area is 102 Å². The van der Waals surface area contributed by atoms with Gasteiger partial charge in [0.1, 0.15) is 11.8 Å². The highest BCUT2D eigenvalue weighted by Gasteiger charge is 2.20. The van der Waals surface area contributed by atoms with E-state index >= 15 is 0 Å². The van der Waals surface area contributed by atoms with E-state index in [1.165, 1.54) is 19.3 Å². The maximum atomic E-state index is 8.47. The Balaban J connectivity index is 1.94. The molecular weight excluding hydrogens is 212 g/mol. The van der Waals surface area contributed by atoms with Gasteiger partial charge in [0.25, 0.3) is 0 Å². The highest BCUT2D eigenvalue weighted by molar-refractivity contribution is 5.49. The maximum Gasteiger partial charge on any atom is 0.174 e. The van der Waals surface area contributed by atoms with Crippen LogP contribution in [-0.4, -0.2) is 12.6 Å². The molecule has 1 aromatic carbocycles. The van der Waals surface area contributed by atoms with Crippen molar-refractivity contribution in [2.45, 2.75) is 32.2 Å². The van der Waals surface area contributed by atoms with E-state index in [9.17, 15) is 0 Å². The molecule has 1 saturated carbocycles. The molecular formula is C14H18N2O. The van der Waals surface area contributed by atoms with E-state index < -0.39 is 0 Å². The van der Waals surface area contributed by atoms with Crippen molar-refractivity contribution < 1.29 is 4.74 Å². The molecule has 1 fully saturated rings. The van der Waals surface area contributed by atoms with Gasteiger partial charge in [-0.3, -0.25) is 0 Å². The van der Waals surface area contributed by atoms with Crippen LogP contribution in [0.3, 0.4) is 0 Å². The normalized spacial score (nSPS) is 23.1. The van der Waals surface area contributed by atoms with Crippen LogP contribution in [-0.2, 0) is 0 Å². The molecule has 1 N–H and O–H groups in total. The predicted octanol–water partition coefficient (Wildman–Crippen LogP) is 3.19. The summed E-state index contributed by atoms with van der Waals surface area (Å²) in [5.41, 5.74) is 1.08. The summed E-state index contributed by atoms with van der Waals surface area (Å²) >= 11 is 0. The van der Waals surface area contributed by atoms with Gasteiger partial charge in [-0.05, 0) is 37.3 Å². The van der Waals surface area contributed by atoms with E-state index in [0.717, 1.165) is 17.4 Å². The van der Waals surface area contributed by atoms with E-state index in [-0.39, 0.29) is 6.61 Å². The largest absolute Gasteiger partial charge is 0.479 e. The minimum atomic E-state index is 0.101. The van der Waals surface area contributed by atoms with Gasteiger partial charge in [-0.25, -0.2) is 0 Å². The summed E-state index contributed by atoms with van der Waals surface area (Å²) in [4.78, 5) is 0. The lowest BCUT2D eigenvalue weighted by Gasteiger charge is -2.14. The van der Waals surface area contributed by atoms with Gasteiger partial charge in [0.05, 0.1) is 0 Å². The zero-order valence-electron chi connectivity index (χ0n) is 10.1. The molecule has 0 radical (unpaired) electrons. The molecule has 0 aliphatic heterocycles. The Morgan fingerprint density at radius 2 is 2.35 bits per heavy atom. The molecule has 2 atom stereocenters. The lowest BCUT2D eigenvalue weighted by atomic mass is 10.1. The number of hydrogen-bond donors (Lipinski definition) is 1. The molecule has 90 valence electrons. The van der Waals surface area contributed by atoms with Crippen molar-refractivity contribution in [2.75, 3.05) is 11.9 Å². The van der Waals surface area contributed by atoms with Gasteiger partial charge < -0.3 is 10.1 Å². The number of rotatable bonds is 4. The van der Waals surface area contributed by atoms with E-state index in [2.05, 4.69) is 12.2 Å². The molecule has 0 amide bonds. The van der Waals surface area contributed by atoms with Crippen LogP contribution in [0.25, 0.3) is 0 Å². The molecule has 3 nitrogen and oxygen atoms in total. The Bertz CT molecular complexity index is 411. The molecule has 0 heterocycles. The Kier molecular flexibility index (Phi) is 3.87. The summed E-state index contributed by atoms with van der Waals surface area (Å²) in [6, 6.07) is 10.4. The lowest BCUT2D eigenvalue weighted by Crippen LogP contribution is -2.15. The molecule has 2 unspecified atom stereocenters. The van der Waals surface area contributed by atoms with Gasteiger partial charge in [-0.15, -0.1) is 0 Å². The minimum absolute atomic E-state index is 0.101. The second kappa shape index (κ2) is 5.58. The Morgan fingerprint density at radius 1 is 1.47 bits per heavy atom. The van der Waals surface area contributed by atoms with E-state index in [1.54, 1.807) is 0 Å². The summed E-state index contributed by atoms with van der Waals surface area (Å²) < 4.78 is 5.28. The van der Waals surface area contributed by atoms with Crippen molar-refractivity contribution in [3.63, 3.8) is 0 Å². The fourth-order valence-electron chi connectivity index (χ4n) is 2.37. The summed E-state index contributed by atoms with van der Waals surface area (Å²) in [5.74, 6) is 1.58. The van der Waals surface area contributed by atoms with Crippen molar-refractivity contribution in [1.29, 1.82) is 5.26 Å². The molecule has 3 heteroatoms. The van der Waals surface area contributed by atoms with Crippen molar-refractivity contribution in [3.05, 3.63) is 24.3 Å². The Morgan fingerprint density at radius 3 is 3.06 bits per heavy atom. The van der Waals surface area contributed by atoms with Crippen LogP contribution in [0, 0.1) is 17.2 Å². The monoisotopic (exact) mass is 230 g/mol. The van der Waals surface area contributed by atoms with Crippen LogP contribution in [0.5, 0.6) is 5.75 Å². The van der Waals surface area contributed by atoms with Crippen LogP contribution in [0.2, 0.25) is 0 Å². The first kappa shape index (κ1) is 11.8. The predicted molar refractivity (Wildman–Crippen MR) is 68.0 cm³/mol. The molecule has 1 aliphatic carbocycles. The van der Waals surface area contributed by atoms with Crippen molar-refractivity contribution in [2.24, 2.45) is 5.92 Å². The first-order valence-corrected chi connectivity index (χ1v) is 6.14. The highest BCUT2D eigenvalue weighted by atomic mass is 16.5. The molecule has 1 aliphatic rings. The first-order valence-electron chi connectivity index (χ1n) is 6.14. The number of benzene rings is 1. The first-order chi connectivity index (χ1) is 8.28. The molecule has 0 aromatic heterocycles. The molecule has 0 spiro atoms. The van der Waals surface area contributed by atoms with Gasteiger partial charge in [-0.2, -0.15) is 5.26 Å². The van der Waals surface area contributed by atoms with Gasteiger partial charge >= 0.3 is 0 Å². The third kappa shape index (κ3) is 3.39. The highest BCUT2D eigenvalue weighted by Crippen LogP contribution is 2.28. The zero-order chi connectivity index (χ0) is 12.1. The third-order valence-corrected chi connectivity index (χ3v) is 3.20. The molecule has 0 bridgehead atoms. The fourth-order valence-corrected chi connectivity index (χ4v) is 2.37. The molecule has 17 heavy (non-hydrogen) atoms. The second-order valence-electron chi connectivity index (χ2n) is 4.73. The van der Waals surface area contributed by atoms with Crippen molar-refractivity contribution in [3.8, 4) is 11.8 Å². The lowest BCUT2D eigenvalue weighted by molar-refractivity contribution is 0.368. The minimum Gasteiger partial charge on any atom is -0.479 e. The average molecular weight is 230 g/mol. The van der Waals surface area contributed by atoms with Crippen molar-refractivity contribution >= 4 is 5.69 Å². The van der Waals surface area contributed by atoms with Crippen LogP contribution in [0.1, 0.15) is 26.2 Å². The smallest absolute Gasteiger partial charge is 0.174 e. The number of nitrogens with zero attached hydrogens (tertiary/aromatic N) is 1. The van der Waals surface area contributed by atoms with Gasteiger partial charge in [-0.1, -0.05) is 13.0 Å². The topological polar surface area (TPSA) is 45.0 Å². The number of nitrogens with one attached hydrogen (secondary N) is 1.